The molecule has 1 aromatic rings. The summed E-state index contributed by atoms with van der Waals surface area (Å²) in [4.78, 5) is 9.97. The van der Waals surface area contributed by atoms with Gasteiger partial charge in [0.25, 0.3) is 0 Å². The molecule has 0 saturated heterocycles. The monoisotopic (exact) mass is 164 g/mol. The fourth-order valence-electron chi connectivity index (χ4n) is 1.16. The number of nitrogens with one attached hydrogen (secondary N) is 2. The van der Waals surface area contributed by atoms with E-state index in [4.69, 9.17) is 0 Å². The quantitative estimate of drug-likeness (QED) is 0.523. The van der Waals surface area contributed by atoms with Gasteiger partial charge in [0.1, 0.15) is 0 Å². The van der Waals surface area contributed by atoms with Crippen LogP contribution in [0.4, 0.5) is 5.69 Å². The minimum absolute atomic E-state index is 0.609. The van der Waals surface area contributed by atoms with Gasteiger partial charge in [0.05, 0.1) is 5.69 Å². The predicted octanol–water partition coefficient (Wildman–Crippen LogP) is 1.38. The van der Waals surface area contributed by atoms with E-state index >= 15 is 0 Å². The van der Waals surface area contributed by atoms with Crippen LogP contribution >= 0.6 is 0 Å². The molecule has 2 N–H and O–H groups in total. The van der Waals surface area contributed by atoms with E-state index in [0.29, 0.717) is 6.41 Å². The number of hydrogen-bond donors (Lipinski definition) is 2. The normalized spacial score (nSPS) is 9.17. The maximum absolute atomic E-state index is 9.97. The number of anilines is 1. The highest BCUT2D eigenvalue weighted by molar-refractivity contribution is 5.54. The summed E-state index contributed by atoms with van der Waals surface area (Å²) in [6.45, 7) is 4.03. The Balaban J connectivity index is 2.78. The second-order valence-electron chi connectivity index (χ2n) is 2.76. The average Bonchev–Trinajstić information content (AvgIpc) is 1.99. The molecule has 0 bridgehead atoms. The Kier molecular flexibility index (Phi) is 2.69. The van der Waals surface area contributed by atoms with Crippen LogP contribution < -0.4 is 10.9 Å². The van der Waals surface area contributed by atoms with Gasteiger partial charge in [0, 0.05) is 0 Å². The third-order valence-electron chi connectivity index (χ3n) is 1.50. The second kappa shape index (κ2) is 3.76. The smallest absolute Gasteiger partial charge is 0.225 e. The zero-order valence-corrected chi connectivity index (χ0v) is 7.22. The Morgan fingerprint density at radius 1 is 1.17 bits per heavy atom. The van der Waals surface area contributed by atoms with Gasteiger partial charge < -0.3 is 0 Å². The molecule has 0 saturated carbocycles. The van der Waals surface area contributed by atoms with Crippen LogP contribution in [0, 0.1) is 13.8 Å². The number of rotatable bonds is 3. The fourth-order valence-corrected chi connectivity index (χ4v) is 1.16. The second-order valence-corrected chi connectivity index (χ2v) is 2.76. The standard InChI is InChI=1S/C9H12N2O/c1-7-3-8(2)5-9(4-7)11-10-6-12/h3-6,11H,1-2H3,(H,10,12). The van der Waals surface area contributed by atoms with E-state index in [1.807, 2.05) is 26.0 Å². The fraction of sp³-hybridized carbons (Fsp3) is 0.222. The van der Waals surface area contributed by atoms with E-state index in [-0.39, 0.29) is 0 Å². The van der Waals surface area contributed by atoms with E-state index in [0.717, 1.165) is 5.69 Å². The van der Waals surface area contributed by atoms with Gasteiger partial charge in [-0.1, -0.05) is 6.07 Å². The van der Waals surface area contributed by atoms with Crippen LogP contribution in [0.15, 0.2) is 18.2 Å². The van der Waals surface area contributed by atoms with Crippen molar-refractivity contribution < 1.29 is 4.79 Å². The number of amides is 1. The van der Waals surface area contributed by atoms with Crippen molar-refractivity contribution in [3.8, 4) is 0 Å². The first-order valence-corrected chi connectivity index (χ1v) is 3.76. The molecule has 0 radical (unpaired) electrons. The maximum atomic E-state index is 9.97. The van der Waals surface area contributed by atoms with Crippen LogP contribution in [-0.4, -0.2) is 6.41 Å². The average molecular weight is 164 g/mol. The van der Waals surface area contributed by atoms with Gasteiger partial charge in [0.2, 0.25) is 6.41 Å². The Bertz CT molecular complexity index is 264. The Hall–Kier alpha value is -1.51. The highest BCUT2D eigenvalue weighted by Crippen LogP contribution is 2.12. The van der Waals surface area contributed by atoms with Crippen LogP contribution in [0.5, 0.6) is 0 Å². The molecule has 3 nitrogen and oxygen atoms in total. The third kappa shape index (κ3) is 2.27. The van der Waals surface area contributed by atoms with Crippen molar-refractivity contribution in [2.24, 2.45) is 0 Å². The van der Waals surface area contributed by atoms with Gasteiger partial charge in [-0.2, -0.15) is 0 Å². The molecule has 0 heterocycles. The Morgan fingerprint density at radius 2 is 1.75 bits per heavy atom. The Labute approximate surface area is 71.8 Å². The van der Waals surface area contributed by atoms with E-state index in [2.05, 4.69) is 16.9 Å². The van der Waals surface area contributed by atoms with Crippen molar-refractivity contribution in [1.82, 2.24) is 5.43 Å². The van der Waals surface area contributed by atoms with Crippen molar-refractivity contribution in [3.05, 3.63) is 29.3 Å². The molecule has 0 fully saturated rings. The molecule has 0 aliphatic carbocycles. The van der Waals surface area contributed by atoms with E-state index in [9.17, 15) is 4.79 Å². The molecular formula is C9H12N2O. The van der Waals surface area contributed by atoms with Crippen LogP contribution in [0.3, 0.4) is 0 Å². The van der Waals surface area contributed by atoms with Gasteiger partial charge in [-0.05, 0) is 37.1 Å². The Morgan fingerprint density at radius 3 is 2.25 bits per heavy atom. The summed E-state index contributed by atoms with van der Waals surface area (Å²) >= 11 is 0. The summed E-state index contributed by atoms with van der Waals surface area (Å²) in [7, 11) is 0. The van der Waals surface area contributed by atoms with Crippen LogP contribution in [0.2, 0.25) is 0 Å². The highest BCUT2D eigenvalue weighted by atomic mass is 16.1. The lowest BCUT2D eigenvalue weighted by atomic mass is 10.1. The summed E-state index contributed by atoms with van der Waals surface area (Å²) in [6.07, 6.45) is 0.609. The van der Waals surface area contributed by atoms with E-state index in [1.165, 1.54) is 11.1 Å². The molecule has 0 unspecified atom stereocenters. The van der Waals surface area contributed by atoms with Gasteiger partial charge in [-0.25, -0.2) is 0 Å². The predicted molar refractivity (Wildman–Crippen MR) is 48.7 cm³/mol. The molecule has 12 heavy (non-hydrogen) atoms. The zero-order chi connectivity index (χ0) is 8.97. The first-order valence-electron chi connectivity index (χ1n) is 3.76. The summed E-state index contributed by atoms with van der Waals surface area (Å²) < 4.78 is 0. The molecule has 0 aromatic heterocycles. The van der Waals surface area contributed by atoms with Crippen LogP contribution in [0.25, 0.3) is 0 Å². The largest absolute Gasteiger partial charge is 0.299 e. The molecule has 1 amide bonds. The van der Waals surface area contributed by atoms with Crippen LogP contribution in [0.1, 0.15) is 11.1 Å². The summed E-state index contributed by atoms with van der Waals surface area (Å²) in [6, 6.07) is 6.00. The van der Waals surface area contributed by atoms with Gasteiger partial charge in [-0.15, -0.1) is 0 Å². The van der Waals surface area contributed by atoms with Crippen molar-refractivity contribution in [1.29, 1.82) is 0 Å². The third-order valence-corrected chi connectivity index (χ3v) is 1.50. The minimum atomic E-state index is 0.609. The zero-order valence-electron chi connectivity index (χ0n) is 7.22. The molecule has 0 atom stereocenters. The number of hydrazine groups is 1. The first kappa shape index (κ1) is 8.59. The van der Waals surface area contributed by atoms with E-state index < -0.39 is 0 Å². The lowest BCUT2D eigenvalue weighted by Gasteiger charge is -2.05. The molecular weight excluding hydrogens is 152 g/mol. The summed E-state index contributed by atoms with van der Waals surface area (Å²) in [5.41, 5.74) is 8.39. The SMILES string of the molecule is Cc1cc(C)cc(NNC=O)c1. The first-order chi connectivity index (χ1) is 5.72. The van der Waals surface area contributed by atoms with Crippen molar-refractivity contribution >= 4 is 12.1 Å². The van der Waals surface area contributed by atoms with Gasteiger partial charge in [0.15, 0.2) is 0 Å². The molecule has 1 aromatic carbocycles. The minimum Gasteiger partial charge on any atom is -0.299 e. The maximum Gasteiger partial charge on any atom is 0.225 e. The topological polar surface area (TPSA) is 41.1 Å². The number of hydrogen-bond acceptors (Lipinski definition) is 2. The molecule has 3 heteroatoms. The molecule has 1 rings (SSSR count). The van der Waals surface area contributed by atoms with Crippen LogP contribution in [-0.2, 0) is 4.79 Å². The number of aryl methyl sites for hydroxylation is 2. The summed E-state index contributed by atoms with van der Waals surface area (Å²) in [5.74, 6) is 0. The van der Waals surface area contributed by atoms with Crippen molar-refractivity contribution in [3.63, 3.8) is 0 Å². The van der Waals surface area contributed by atoms with Crippen molar-refractivity contribution in [2.75, 3.05) is 5.43 Å². The number of carbonyl (C=O) groups excluding carboxylic acids is 1. The molecule has 64 valence electrons. The molecule has 0 spiro atoms. The lowest BCUT2D eigenvalue weighted by molar-refractivity contribution is -0.109. The highest BCUT2D eigenvalue weighted by Gasteiger charge is 1.92. The molecule has 0 aliphatic rings. The number of carbonyl (C=O) groups is 1. The van der Waals surface area contributed by atoms with Crippen molar-refractivity contribution in [2.45, 2.75) is 13.8 Å². The van der Waals surface area contributed by atoms with E-state index in [1.54, 1.807) is 0 Å². The lowest BCUT2D eigenvalue weighted by Crippen LogP contribution is -2.18. The molecule has 0 aliphatic heterocycles. The van der Waals surface area contributed by atoms with Gasteiger partial charge >= 0.3 is 0 Å². The van der Waals surface area contributed by atoms with Gasteiger partial charge in [-0.3, -0.25) is 15.6 Å². The number of benzene rings is 1. The summed E-state index contributed by atoms with van der Waals surface area (Å²) in [5, 5.41) is 0.